The number of carbonyl (C=O) groups is 1. The Labute approximate surface area is 84.6 Å². The number of hydrogen-bond donors (Lipinski definition) is 1. The lowest BCUT2D eigenvalue weighted by Gasteiger charge is -2.34. The van der Waals surface area contributed by atoms with E-state index in [2.05, 4.69) is 24.1 Å². The third-order valence-corrected chi connectivity index (χ3v) is 3.42. The van der Waals surface area contributed by atoms with E-state index in [4.69, 9.17) is 4.74 Å². The Morgan fingerprint density at radius 1 is 1.64 bits per heavy atom. The number of rotatable bonds is 2. The third-order valence-electron chi connectivity index (χ3n) is 3.42. The molecule has 4 heteroatoms. The number of fused-ring (bicyclic) bond motifs is 2. The minimum absolute atomic E-state index is 0.108. The monoisotopic (exact) mass is 198 g/mol. The Balaban J connectivity index is 2.15. The number of hydrogen-bond acceptors (Lipinski definition) is 4. The normalized spacial score (nSPS) is 36.7. The van der Waals surface area contributed by atoms with Gasteiger partial charge in [0.15, 0.2) is 0 Å². The van der Waals surface area contributed by atoms with E-state index in [9.17, 15) is 4.79 Å². The van der Waals surface area contributed by atoms with Crippen molar-refractivity contribution in [3.8, 4) is 0 Å². The lowest BCUT2D eigenvalue weighted by molar-refractivity contribution is -0.147. The van der Waals surface area contributed by atoms with Crippen molar-refractivity contribution >= 4 is 5.97 Å². The second-order valence-corrected chi connectivity index (χ2v) is 4.58. The van der Waals surface area contributed by atoms with Crippen molar-refractivity contribution in [3.63, 3.8) is 0 Å². The summed E-state index contributed by atoms with van der Waals surface area (Å²) in [6.07, 6.45) is 0.901. The molecule has 2 aliphatic heterocycles. The van der Waals surface area contributed by atoms with Crippen LogP contribution in [0.4, 0.5) is 0 Å². The minimum Gasteiger partial charge on any atom is -0.468 e. The standard InChI is InChI=1S/C10H18N2O2/c1-7(2)12-6-10(9(13)14-3)4-8(12)5-11-10/h7-8,11H,4-6H2,1-3H3. The van der Waals surface area contributed by atoms with Gasteiger partial charge in [0.25, 0.3) is 0 Å². The highest BCUT2D eigenvalue weighted by Crippen LogP contribution is 2.34. The lowest BCUT2D eigenvalue weighted by Crippen LogP contribution is -2.57. The topological polar surface area (TPSA) is 41.6 Å². The van der Waals surface area contributed by atoms with Crippen LogP contribution in [0.3, 0.4) is 0 Å². The van der Waals surface area contributed by atoms with Crippen LogP contribution in [-0.4, -0.2) is 48.7 Å². The molecule has 0 spiro atoms. The number of piperazine rings is 1. The van der Waals surface area contributed by atoms with Gasteiger partial charge in [-0.15, -0.1) is 0 Å². The quantitative estimate of drug-likeness (QED) is 0.633. The van der Waals surface area contributed by atoms with Crippen LogP contribution in [0.2, 0.25) is 0 Å². The molecule has 2 atom stereocenters. The average Bonchev–Trinajstić information content (AvgIpc) is 2.74. The highest BCUT2D eigenvalue weighted by molar-refractivity contribution is 5.82. The van der Waals surface area contributed by atoms with E-state index in [-0.39, 0.29) is 5.97 Å². The minimum atomic E-state index is -0.413. The van der Waals surface area contributed by atoms with Crippen LogP contribution >= 0.6 is 0 Å². The molecule has 2 bridgehead atoms. The van der Waals surface area contributed by atoms with Crippen LogP contribution in [0.1, 0.15) is 20.3 Å². The molecule has 2 fully saturated rings. The maximum atomic E-state index is 11.7. The molecule has 2 saturated heterocycles. The zero-order valence-corrected chi connectivity index (χ0v) is 9.04. The molecular formula is C10H18N2O2. The van der Waals surface area contributed by atoms with E-state index < -0.39 is 5.54 Å². The fraction of sp³-hybridized carbons (Fsp3) is 0.900. The SMILES string of the molecule is COC(=O)C12CC(CN1)N(C(C)C)C2. The van der Waals surface area contributed by atoms with Crippen molar-refractivity contribution < 1.29 is 9.53 Å². The van der Waals surface area contributed by atoms with Gasteiger partial charge in [0, 0.05) is 25.2 Å². The van der Waals surface area contributed by atoms with Gasteiger partial charge in [0.1, 0.15) is 5.54 Å². The molecule has 2 aliphatic rings. The maximum Gasteiger partial charge on any atom is 0.327 e. The molecule has 2 heterocycles. The summed E-state index contributed by atoms with van der Waals surface area (Å²) in [5.41, 5.74) is -0.413. The second-order valence-electron chi connectivity index (χ2n) is 4.58. The second kappa shape index (κ2) is 3.21. The van der Waals surface area contributed by atoms with Gasteiger partial charge in [-0.3, -0.25) is 15.0 Å². The van der Waals surface area contributed by atoms with E-state index in [1.165, 1.54) is 7.11 Å². The van der Waals surface area contributed by atoms with Gasteiger partial charge in [-0.05, 0) is 20.3 Å². The van der Waals surface area contributed by atoms with Crippen LogP contribution in [0.25, 0.3) is 0 Å². The van der Waals surface area contributed by atoms with E-state index in [0.717, 1.165) is 19.5 Å². The van der Waals surface area contributed by atoms with Gasteiger partial charge >= 0.3 is 5.97 Å². The molecule has 0 amide bonds. The molecule has 0 aromatic rings. The first-order chi connectivity index (χ1) is 6.59. The summed E-state index contributed by atoms with van der Waals surface area (Å²) in [4.78, 5) is 14.0. The summed E-state index contributed by atoms with van der Waals surface area (Å²) in [5.74, 6) is -0.108. The summed E-state index contributed by atoms with van der Waals surface area (Å²) in [6.45, 7) is 6.05. The summed E-state index contributed by atoms with van der Waals surface area (Å²) < 4.78 is 4.86. The Kier molecular flexibility index (Phi) is 2.27. The molecule has 2 rings (SSSR count). The molecular weight excluding hydrogens is 180 g/mol. The van der Waals surface area contributed by atoms with Crippen LogP contribution in [0.5, 0.6) is 0 Å². The van der Waals surface area contributed by atoms with Crippen molar-refractivity contribution in [3.05, 3.63) is 0 Å². The molecule has 2 unspecified atom stereocenters. The fourth-order valence-electron chi connectivity index (χ4n) is 2.68. The first-order valence-electron chi connectivity index (χ1n) is 5.18. The number of esters is 1. The zero-order valence-electron chi connectivity index (χ0n) is 9.04. The van der Waals surface area contributed by atoms with Crippen LogP contribution in [-0.2, 0) is 9.53 Å². The van der Waals surface area contributed by atoms with E-state index in [0.29, 0.717) is 12.1 Å². The van der Waals surface area contributed by atoms with Gasteiger partial charge in [0.2, 0.25) is 0 Å². The van der Waals surface area contributed by atoms with Crippen molar-refractivity contribution in [2.45, 2.75) is 37.9 Å². The smallest absolute Gasteiger partial charge is 0.327 e. The molecule has 0 saturated carbocycles. The highest BCUT2D eigenvalue weighted by Gasteiger charge is 2.55. The number of likely N-dealkylation sites (tertiary alicyclic amines) is 1. The number of ether oxygens (including phenoxy) is 1. The number of carbonyl (C=O) groups excluding carboxylic acids is 1. The van der Waals surface area contributed by atoms with Crippen LogP contribution < -0.4 is 5.32 Å². The predicted molar refractivity (Wildman–Crippen MR) is 53.0 cm³/mol. The molecule has 80 valence electrons. The lowest BCUT2D eigenvalue weighted by atomic mass is 10.0. The predicted octanol–water partition coefficient (Wildman–Crippen LogP) is -0.0159. The number of nitrogens with one attached hydrogen (secondary N) is 1. The molecule has 1 N–H and O–H groups in total. The van der Waals surface area contributed by atoms with Crippen molar-refractivity contribution in [1.82, 2.24) is 10.2 Å². The first-order valence-corrected chi connectivity index (χ1v) is 5.18. The van der Waals surface area contributed by atoms with E-state index in [1.807, 2.05) is 0 Å². The van der Waals surface area contributed by atoms with Gasteiger partial charge < -0.3 is 4.74 Å². The van der Waals surface area contributed by atoms with Crippen molar-refractivity contribution in [2.24, 2.45) is 0 Å². The largest absolute Gasteiger partial charge is 0.468 e. The molecule has 0 aliphatic carbocycles. The summed E-state index contributed by atoms with van der Waals surface area (Å²) in [6, 6.07) is 1.02. The van der Waals surface area contributed by atoms with Gasteiger partial charge in [-0.2, -0.15) is 0 Å². The fourth-order valence-corrected chi connectivity index (χ4v) is 2.68. The molecule has 0 radical (unpaired) electrons. The highest BCUT2D eigenvalue weighted by atomic mass is 16.5. The van der Waals surface area contributed by atoms with E-state index >= 15 is 0 Å². The third kappa shape index (κ3) is 1.25. The Bertz CT molecular complexity index is 255. The Morgan fingerprint density at radius 3 is 2.86 bits per heavy atom. The van der Waals surface area contributed by atoms with Gasteiger partial charge in [-0.1, -0.05) is 0 Å². The van der Waals surface area contributed by atoms with Gasteiger partial charge in [-0.25, -0.2) is 0 Å². The van der Waals surface area contributed by atoms with Crippen LogP contribution in [0.15, 0.2) is 0 Å². The van der Waals surface area contributed by atoms with Crippen molar-refractivity contribution in [1.29, 1.82) is 0 Å². The van der Waals surface area contributed by atoms with Crippen LogP contribution in [0, 0.1) is 0 Å². The molecule has 4 nitrogen and oxygen atoms in total. The average molecular weight is 198 g/mol. The van der Waals surface area contributed by atoms with E-state index in [1.54, 1.807) is 0 Å². The summed E-state index contributed by atoms with van der Waals surface area (Å²) in [5, 5.41) is 3.29. The van der Waals surface area contributed by atoms with Gasteiger partial charge in [0.05, 0.1) is 7.11 Å². The maximum absolute atomic E-state index is 11.7. The molecule has 0 aromatic heterocycles. The zero-order chi connectivity index (χ0) is 10.3. The molecule has 14 heavy (non-hydrogen) atoms. The summed E-state index contributed by atoms with van der Waals surface area (Å²) >= 11 is 0. The Morgan fingerprint density at radius 2 is 2.36 bits per heavy atom. The van der Waals surface area contributed by atoms with Crippen molar-refractivity contribution in [2.75, 3.05) is 20.2 Å². The molecule has 0 aromatic carbocycles. The number of methoxy groups -OCH3 is 1. The first kappa shape index (κ1) is 9.93. The summed E-state index contributed by atoms with van der Waals surface area (Å²) in [7, 11) is 1.46. The number of nitrogens with zero attached hydrogens (tertiary/aromatic N) is 1. The Hall–Kier alpha value is -0.610.